The summed E-state index contributed by atoms with van der Waals surface area (Å²) < 4.78 is 0.703. The van der Waals surface area contributed by atoms with E-state index in [2.05, 4.69) is 5.32 Å². The Hall–Kier alpha value is -1.85. The SMILES string of the molecule is O=C(CCc1ccc(Cl)s1)NCC(Cc1ccccc1)C(=O)O. The highest BCUT2D eigenvalue weighted by molar-refractivity contribution is 7.16. The highest BCUT2D eigenvalue weighted by atomic mass is 35.5. The monoisotopic (exact) mass is 351 g/mol. The summed E-state index contributed by atoms with van der Waals surface area (Å²) in [5, 5.41) is 12.0. The van der Waals surface area contributed by atoms with Crippen LogP contribution in [-0.2, 0) is 22.4 Å². The number of benzene rings is 1. The molecule has 0 aliphatic heterocycles. The molecule has 2 N–H and O–H groups in total. The molecule has 23 heavy (non-hydrogen) atoms. The first kappa shape index (κ1) is 17.5. The van der Waals surface area contributed by atoms with Gasteiger partial charge in [-0.1, -0.05) is 41.9 Å². The molecule has 0 saturated heterocycles. The Balaban J connectivity index is 1.79. The first-order valence-corrected chi connectivity index (χ1v) is 8.51. The van der Waals surface area contributed by atoms with E-state index in [9.17, 15) is 14.7 Å². The Morgan fingerprint density at radius 3 is 2.52 bits per heavy atom. The van der Waals surface area contributed by atoms with Crippen molar-refractivity contribution in [1.82, 2.24) is 5.32 Å². The fraction of sp³-hybridized carbons (Fsp3) is 0.294. The summed E-state index contributed by atoms with van der Waals surface area (Å²) in [5.41, 5.74) is 0.947. The van der Waals surface area contributed by atoms with Crippen molar-refractivity contribution in [3.8, 4) is 0 Å². The van der Waals surface area contributed by atoms with Gasteiger partial charge in [-0.05, 0) is 30.5 Å². The summed E-state index contributed by atoms with van der Waals surface area (Å²) in [6.45, 7) is 0.133. The average Bonchev–Trinajstić information content (AvgIpc) is 2.95. The summed E-state index contributed by atoms with van der Waals surface area (Å²) in [6.07, 6.45) is 1.34. The van der Waals surface area contributed by atoms with Crippen molar-refractivity contribution in [3.63, 3.8) is 0 Å². The number of carboxylic acid groups (broad SMARTS) is 1. The molecule has 6 heteroatoms. The van der Waals surface area contributed by atoms with E-state index >= 15 is 0 Å². The quantitative estimate of drug-likeness (QED) is 0.766. The molecule has 0 saturated carbocycles. The van der Waals surface area contributed by atoms with E-state index in [-0.39, 0.29) is 12.5 Å². The van der Waals surface area contributed by atoms with E-state index in [1.165, 1.54) is 11.3 Å². The lowest BCUT2D eigenvalue weighted by molar-refractivity contribution is -0.141. The molecular formula is C17H18ClNO3S. The predicted molar refractivity (Wildman–Crippen MR) is 91.9 cm³/mol. The number of carbonyl (C=O) groups is 2. The van der Waals surface area contributed by atoms with Crippen LogP contribution in [0.2, 0.25) is 4.34 Å². The second-order valence-corrected chi connectivity index (χ2v) is 7.03. The van der Waals surface area contributed by atoms with Crippen LogP contribution in [0.3, 0.4) is 0 Å². The first-order chi connectivity index (χ1) is 11.0. The minimum Gasteiger partial charge on any atom is -0.481 e. The number of halogens is 1. The second-order valence-electron chi connectivity index (χ2n) is 5.23. The molecule has 2 rings (SSSR count). The molecule has 1 aromatic carbocycles. The predicted octanol–water partition coefficient (Wildman–Crippen LogP) is 3.39. The molecule has 0 bridgehead atoms. The van der Waals surface area contributed by atoms with Gasteiger partial charge in [0.2, 0.25) is 5.91 Å². The minimum atomic E-state index is -0.904. The van der Waals surface area contributed by atoms with Crippen LogP contribution in [0, 0.1) is 5.92 Å². The Morgan fingerprint density at radius 2 is 1.91 bits per heavy atom. The van der Waals surface area contributed by atoms with Crippen LogP contribution >= 0.6 is 22.9 Å². The van der Waals surface area contributed by atoms with Gasteiger partial charge in [0.25, 0.3) is 0 Å². The Morgan fingerprint density at radius 1 is 1.17 bits per heavy atom. The fourth-order valence-electron chi connectivity index (χ4n) is 2.19. The molecule has 1 unspecified atom stereocenters. The van der Waals surface area contributed by atoms with E-state index in [1.54, 1.807) is 6.07 Å². The molecule has 1 amide bonds. The van der Waals surface area contributed by atoms with Crippen LogP contribution in [0.4, 0.5) is 0 Å². The largest absolute Gasteiger partial charge is 0.481 e. The molecule has 1 aromatic heterocycles. The van der Waals surface area contributed by atoms with Crippen LogP contribution in [0.15, 0.2) is 42.5 Å². The van der Waals surface area contributed by atoms with Crippen LogP contribution in [0.1, 0.15) is 16.9 Å². The minimum absolute atomic E-state index is 0.133. The molecule has 4 nitrogen and oxygen atoms in total. The van der Waals surface area contributed by atoms with Gasteiger partial charge in [-0.3, -0.25) is 9.59 Å². The van der Waals surface area contributed by atoms with E-state index in [1.807, 2.05) is 36.4 Å². The lowest BCUT2D eigenvalue weighted by Gasteiger charge is -2.13. The highest BCUT2D eigenvalue weighted by Gasteiger charge is 2.18. The normalized spacial score (nSPS) is 11.9. The standard InChI is InChI=1S/C17H18ClNO3S/c18-15-8-6-14(23-15)7-9-16(20)19-11-13(17(21)22)10-12-4-2-1-3-5-12/h1-6,8,13H,7,9-11H2,(H,19,20)(H,21,22). The number of carboxylic acids is 1. The Kier molecular flexibility index (Phi) is 6.62. The number of hydrogen-bond donors (Lipinski definition) is 2. The van der Waals surface area contributed by atoms with Crippen molar-refractivity contribution >= 4 is 34.8 Å². The molecular weight excluding hydrogens is 334 g/mol. The van der Waals surface area contributed by atoms with Crippen molar-refractivity contribution in [2.45, 2.75) is 19.3 Å². The molecule has 1 atom stereocenters. The van der Waals surface area contributed by atoms with Crippen molar-refractivity contribution in [1.29, 1.82) is 0 Å². The molecule has 0 spiro atoms. The number of carbonyl (C=O) groups excluding carboxylic acids is 1. The van der Waals surface area contributed by atoms with Crippen molar-refractivity contribution in [2.75, 3.05) is 6.54 Å². The van der Waals surface area contributed by atoms with Crippen molar-refractivity contribution in [3.05, 3.63) is 57.2 Å². The van der Waals surface area contributed by atoms with Gasteiger partial charge in [0.05, 0.1) is 10.3 Å². The molecule has 0 aliphatic carbocycles. The fourth-order valence-corrected chi connectivity index (χ4v) is 3.28. The zero-order chi connectivity index (χ0) is 16.7. The van der Waals surface area contributed by atoms with Gasteiger partial charge in [0, 0.05) is 17.8 Å². The Bertz CT molecular complexity index is 657. The van der Waals surface area contributed by atoms with Crippen molar-refractivity contribution in [2.24, 2.45) is 5.92 Å². The Labute approximate surface area is 144 Å². The van der Waals surface area contributed by atoms with Gasteiger partial charge in [-0.15, -0.1) is 11.3 Å². The highest BCUT2D eigenvalue weighted by Crippen LogP contribution is 2.22. The van der Waals surface area contributed by atoms with E-state index in [4.69, 9.17) is 11.6 Å². The number of aryl methyl sites for hydroxylation is 1. The topological polar surface area (TPSA) is 66.4 Å². The van der Waals surface area contributed by atoms with Crippen molar-refractivity contribution < 1.29 is 14.7 Å². The molecule has 0 aliphatic rings. The molecule has 2 aromatic rings. The van der Waals surface area contributed by atoms with Crippen LogP contribution in [0.5, 0.6) is 0 Å². The molecule has 1 heterocycles. The number of nitrogens with one attached hydrogen (secondary N) is 1. The third-order valence-corrected chi connectivity index (χ3v) is 4.74. The van der Waals surface area contributed by atoms with Gasteiger partial charge in [-0.2, -0.15) is 0 Å². The van der Waals surface area contributed by atoms with E-state index in [0.29, 0.717) is 23.6 Å². The summed E-state index contributed by atoms with van der Waals surface area (Å²) in [6, 6.07) is 13.1. The third-order valence-electron chi connectivity index (χ3n) is 3.45. The van der Waals surface area contributed by atoms with E-state index < -0.39 is 11.9 Å². The van der Waals surface area contributed by atoms with Gasteiger partial charge in [0.15, 0.2) is 0 Å². The van der Waals surface area contributed by atoms with Crippen LogP contribution in [-0.4, -0.2) is 23.5 Å². The maximum atomic E-state index is 11.9. The third kappa shape index (κ3) is 6.04. The van der Waals surface area contributed by atoms with Crippen LogP contribution in [0.25, 0.3) is 0 Å². The van der Waals surface area contributed by atoms with E-state index in [0.717, 1.165) is 10.4 Å². The first-order valence-electron chi connectivity index (χ1n) is 7.32. The summed E-state index contributed by atoms with van der Waals surface area (Å²) in [7, 11) is 0. The van der Waals surface area contributed by atoms with Crippen LogP contribution < -0.4 is 5.32 Å². The smallest absolute Gasteiger partial charge is 0.308 e. The van der Waals surface area contributed by atoms with Gasteiger partial charge >= 0.3 is 5.97 Å². The number of thiophene rings is 1. The average molecular weight is 352 g/mol. The number of amides is 1. The summed E-state index contributed by atoms with van der Waals surface area (Å²) in [5.74, 6) is -1.68. The zero-order valence-corrected chi connectivity index (χ0v) is 14.1. The number of aliphatic carboxylic acids is 1. The van der Waals surface area contributed by atoms with Gasteiger partial charge < -0.3 is 10.4 Å². The number of rotatable bonds is 8. The van der Waals surface area contributed by atoms with Gasteiger partial charge in [0.1, 0.15) is 0 Å². The lowest BCUT2D eigenvalue weighted by atomic mass is 9.99. The maximum Gasteiger partial charge on any atom is 0.308 e. The zero-order valence-electron chi connectivity index (χ0n) is 12.5. The summed E-state index contributed by atoms with van der Waals surface area (Å²) >= 11 is 7.30. The molecule has 0 fully saturated rings. The second kappa shape index (κ2) is 8.70. The van der Waals surface area contributed by atoms with Gasteiger partial charge in [-0.25, -0.2) is 0 Å². The number of hydrogen-bond acceptors (Lipinski definition) is 3. The lowest BCUT2D eigenvalue weighted by Crippen LogP contribution is -2.34. The summed E-state index contributed by atoms with van der Waals surface area (Å²) in [4.78, 5) is 24.3. The molecule has 0 radical (unpaired) electrons. The molecule has 122 valence electrons. The maximum absolute atomic E-state index is 11.9.